The summed E-state index contributed by atoms with van der Waals surface area (Å²) in [5, 5.41) is 9.93. The number of benzene rings is 4. The molecule has 0 bridgehead atoms. The van der Waals surface area contributed by atoms with Gasteiger partial charge < -0.3 is 25.8 Å². The summed E-state index contributed by atoms with van der Waals surface area (Å²) in [6.45, 7) is 3.18. The lowest BCUT2D eigenvalue weighted by Gasteiger charge is -2.23. The molecule has 44 heavy (non-hydrogen) atoms. The number of rotatable bonds is 10. The third kappa shape index (κ3) is 7.16. The second kappa shape index (κ2) is 13.6. The van der Waals surface area contributed by atoms with E-state index in [1.807, 2.05) is 85.7 Å². The first-order valence-corrected chi connectivity index (χ1v) is 14.7. The number of fused-ring (bicyclic) bond motifs is 1. The molecule has 8 nitrogen and oxygen atoms in total. The zero-order valence-corrected chi connectivity index (χ0v) is 25.6. The fourth-order valence-corrected chi connectivity index (χ4v) is 5.22. The van der Waals surface area contributed by atoms with Gasteiger partial charge in [-0.2, -0.15) is 0 Å². The molecule has 3 N–H and O–H groups in total. The molecule has 0 radical (unpaired) electrons. The highest BCUT2D eigenvalue weighted by atomic mass is 35.5. The third-order valence-electron chi connectivity index (χ3n) is 7.28. The predicted octanol–water partition coefficient (Wildman–Crippen LogP) is 6.12. The quantitative estimate of drug-likeness (QED) is 0.189. The molecule has 0 spiro atoms. The largest absolute Gasteiger partial charge is 0.354 e. The van der Waals surface area contributed by atoms with Crippen LogP contribution in [0.15, 0.2) is 97.1 Å². The molecule has 1 aliphatic rings. The van der Waals surface area contributed by atoms with E-state index in [0.29, 0.717) is 46.2 Å². The molecular weight excluding hydrogens is 574 g/mol. The minimum atomic E-state index is -0.272. The monoisotopic (exact) mass is 607 g/mol. The Morgan fingerprint density at radius 1 is 0.841 bits per heavy atom. The molecule has 1 heterocycles. The van der Waals surface area contributed by atoms with Crippen LogP contribution in [0.5, 0.6) is 0 Å². The summed E-state index contributed by atoms with van der Waals surface area (Å²) in [4.78, 5) is 42.7. The summed E-state index contributed by atoms with van der Waals surface area (Å²) in [6.07, 6.45) is 0. The van der Waals surface area contributed by atoms with Crippen LogP contribution < -0.4 is 20.9 Å². The Morgan fingerprint density at radius 2 is 1.59 bits per heavy atom. The highest BCUT2D eigenvalue weighted by Gasteiger charge is 2.29. The van der Waals surface area contributed by atoms with Gasteiger partial charge in [0.25, 0.3) is 11.8 Å². The second-order valence-electron chi connectivity index (χ2n) is 10.8. The van der Waals surface area contributed by atoms with E-state index in [0.717, 1.165) is 29.0 Å². The predicted molar refractivity (Wildman–Crippen MR) is 178 cm³/mol. The lowest BCUT2D eigenvalue weighted by atomic mass is 9.98. The first kappa shape index (κ1) is 30.5. The van der Waals surface area contributed by atoms with Crippen LogP contribution in [0.25, 0.3) is 11.3 Å². The van der Waals surface area contributed by atoms with Crippen molar-refractivity contribution in [2.45, 2.75) is 13.5 Å². The second-order valence-corrected chi connectivity index (χ2v) is 11.2. The summed E-state index contributed by atoms with van der Waals surface area (Å²) >= 11 is 6.09. The maximum atomic E-state index is 13.4. The smallest absolute Gasteiger partial charge is 0.258 e. The molecule has 4 aromatic carbocycles. The zero-order chi connectivity index (χ0) is 31.2. The van der Waals surface area contributed by atoms with Gasteiger partial charge in [0.15, 0.2) is 0 Å². The van der Waals surface area contributed by atoms with Gasteiger partial charge in [-0.15, -0.1) is 0 Å². The molecule has 0 saturated carbocycles. The Hall–Kier alpha value is -4.92. The van der Waals surface area contributed by atoms with Crippen LogP contribution in [0.2, 0.25) is 5.02 Å². The van der Waals surface area contributed by atoms with Crippen LogP contribution in [0.3, 0.4) is 0 Å². The van der Waals surface area contributed by atoms with E-state index in [9.17, 15) is 14.4 Å². The Bertz CT molecular complexity index is 1720. The van der Waals surface area contributed by atoms with Crippen LogP contribution >= 0.6 is 11.6 Å². The van der Waals surface area contributed by atoms with Crippen LogP contribution in [-0.2, 0) is 16.1 Å². The zero-order valence-electron chi connectivity index (χ0n) is 24.9. The SMILES string of the molecule is CC(=O)N(CCN(C)C)c1ccc(N/C(=C2\C(=O)Nc3ccc(C(=O)NCc4cccc(Cl)c4)cc32)c2ccccc2)cc1. The maximum absolute atomic E-state index is 13.4. The standard InChI is InChI=1S/C35H34ClN5O3/c1-23(42)41(19-18-40(2)3)29-15-13-28(14-16-29)38-33(25-9-5-4-6-10-25)32-30-21-26(12-17-31(30)39-35(32)44)34(43)37-22-24-8-7-11-27(36)20-24/h4-17,20-21,38H,18-19,22H2,1-3H3,(H,37,43)(H,39,44)/b33-32-. The average Bonchev–Trinajstić information content (AvgIpc) is 3.34. The Labute approximate surface area is 262 Å². The molecule has 3 amide bonds. The van der Waals surface area contributed by atoms with E-state index in [-0.39, 0.29) is 17.7 Å². The first-order chi connectivity index (χ1) is 21.2. The highest BCUT2D eigenvalue weighted by Crippen LogP contribution is 2.38. The van der Waals surface area contributed by atoms with E-state index in [1.54, 1.807) is 42.2 Å². The van der Waals surface area contributed by atoms with Crippen LogP contribution in [0.4, 0.5) is 17.1 Å². The number of amides is 3. The minimum Gasteiger partial charge on any atom is -0.354 e. The minimum absolute atomic E-state index is 0.0358. The summed E-state index contributed by atoms with van der Waals surface area (Å²) in [6, 6.07) is 29.6. The lowest BCUT2D eigenvalue weighted by molar-refractivity contribution is -0.116. The number of anilines is 3. The number of nitrogens with one attached hydrogen (secondary N) is 3. The van der Waals surface area contributed by atoms with Crippen molar-refractivity contribution in [3.63, 3.8) is 0 Å². The van der Waals surface area contributed by atoms with E-state index in [1.165, 1.54) is 0 Å². The molecule has 0 atom stereocenters. The van der Waals surface area contributed by atoms with Gasteiger partial charge in [-0.05, 0) is 79.8 Å². The third-order valence-corrected chi connectivity index (χ3v) is 7.52. The lowest BCUT2D eigenvalue weighted by Crippen LogP contribution is -2.35. The number of likely N-dealkylation sites (N-methyl/N-ethyl adjacent to an activating group) is 1. The van der Waals surface area contributed by atoms with Crippen molar-refractivity contribution in [3.05, 3.63) is 124 Å². The normalized spacial score (nSPS) is 13.2. The van der Waals surface area contributed by atoms with Crippen LogP contribution in [0.1, 0.15) is 34.0 Å². The summed E-state index contributed by atoms with van der Waals surface area (Å²) in [7, 11) is 3.94. The van der Waals surface area contributed by atoms with Crippen molar-refractivity contribution < 1.29 is 14.4 Å². The van der Waals surface area contributed by atoms with Crippen LogP contribution in [-0.4, -0.2) is 49.8 Å². The molecule has 4 aromatic rings. The molecule has 0 aliphatic carbocycles. The number of carbonyl (C=O) groups is 3. The molecular formula is C35H34ClN5O3. The van der Waals surface area contributed by atoms with Crippen molar-refractivity contribution in [1.82, 2.24) is 10.2 Å². The molecule has 5 rings (SSSR count). The number of carbonyl (C=O) groups excluding carboxylic acids is 3. The van der Waals surface area contributed by atoms with Gasteiger partial charge in [0.05, 0.1) is 11.3 Å². The average molecular weight is 608 g/mol. The van der Waals surface area contributed by atoms with Gasteiger partial charge >= 0.3 is 0 Å². The van der Waals surface area contributed by atoms with E-state index < -0.39 is 0 Å². The van der Waals surface area contributed by atoms with Crippen molar-refractivity contribution in [2.24, 2.45) is 0 Å². The maximum Gasteiger partial charge on any atom is 0.258 e. The Balaban J connectivity index is 1.46. The van der Waals surface area contributed by atoms with Crippen molar-refractivity contribution in [1.29, 1.82) is 0 Å². The Kier molecular flexibility index (Phi) is 9.43. The molecule has 0 fully saturated rings. The van der Waals surface area contributed by atoms with Gasteiger partial charge in [-0.1, -0.05) is 54.1 Å². The summed E-state index contributed by atoms with van der Waals surface area (Å²) in [5.74, 6) is -0.572. The van der Waals surface area contributed by atoms with Gasteiger partial charge in [0.2, 0.25) is 5.91 Å². The fourth-order valence-electron chi connectivity index (χ4n) is 5.01. The molecule has 1 aliphatic heterocycles. The molecule has 0 aromatic heterocycles. The number of nitrogens with zero attached hydrogens (tertiary/aromatic N) is 2. The van der Waals surface area contributed by atoms with Crippen molar-refractivity contribution in [3.8, 4) is 0 Å². The first-order valence-electron chi connectivity index (χ1n) is 14.3. The van der Waals surface area contributed by atoms with Crippen molar-refractivity contribution >= 4 is 57.7 Å². The van der Waals surface area contributed by atoms with Gasteiger partial charge in [-0.3, -0.25) is 14.4 Å². The molecule has 224 valence electrons. The topological polar surface area (TPSA) is 93.8 Å². The van der Waals surface area contributed by atoms with Gasteiger partial charge in [0, 0.05) is 59.8 Å². The van der Waals surface area contributed by atoms with Crippen LogP contribution in [0, 0.1) is 0 Å². The van der Waals surface area contributed by atoms with E-state index in [4.69, 9.17) is 11.6 Å². The number of hydrogen-bond acceptors (Lipinski definition) is 5. The number of hydrogen-bond donors (Lipinski definition) is 3. The Morgan fingerprint density at radius 3 is 2.27 bits per heavy atom. The van der Waals surface area contributed by atoms with Gasteiger partial charge in [0.1, 0.15) is 0 Å². The van der Waals surface area contributed by atoms with E-state index >= 15 is 0 Å². The fraction of sp³-hybridized carbons (Fsp3) is 0.171. The van der Waals surface area contributed by atoms with E-state index in [2.05, 4.69) is 16.0 Å². The highest BCUT2D eigenvalue weighted by molar-refractivity contribution is 6.37. The molecule has 0 saturated heterocycles. The number of halogens is 1. The van der Waals surface area contributed by atoms with Gasteiger partial charge in [-0.25, -0.2) is 0 Å². The summed E-state index contributed by atoms with van der Waals surface area (Å²) in [5.41, 5.74) is 5.93. The summed E-state index contributed by atoms with van der Waals surface area (Å²) < 4.78 is 0. The molecule has 0 unspecified atom stereocenters. The van der Waals surface area contributed by atoms with Crippen molar-refractivity contribution in [2.75, 3.05) is 42.7 Å². The molecule has 9 heteroatoms.